The first-order valence-corrected chi connectivity index (χ1v) is 8.45. The maximum atomic E-state index is 12.0. The fourth-order valence-electron chi connectivity index (χ4n) is 1.57. The smallest absolute Gasteiger partial charge is 0.389 e. The third kappa shape index (κ3) is 4.50. The number of halogens is 3. The maximum absolute atomic E-state index is 12.0. The van der Waals surface area contributed by atoms with E-state index in [-0.39, 0.29) is 39.2 Å². The second-order valence-corrected chi connectivity index (χ2v) is 7.40. The lowest BCUT2D eigenvalue weighted by Crippen LogP contribution is -2.12. The van der Waals surface area contributed by atoms with E-state index in [1.165, 1.54) is 6.92 Å². The summed E-state index contributed by atoms with van der Waals surface area (Å²) in [4.78, 5) is -0.168. The standard InChI is InChI=1S/C11H14F3N3O2S2/c1-2-21(18,19)9-8(16)7(6-15)20-10(9)17-5-3-4-11(12,13)14/h17H,2-5,16H2,1H3. The molecule has 0 aliphatic heterocycles. The van der Waals surface area contributed by atoms with E-state index in [4.69, 9.17) is 11.0 Å². The molecule has 118 valence electrons. The number of rotatable bonds is 6. The molecule has 1 heterocycles. The van der Waals surface area contributed by atoms with Gasteiger partial charge in [0.25, 0.3) is 0 Å². The van der Waals surface area contributed by atoms with E-state index in [1.807, 2.05) is 0 Å². The summed E-state index contributed by atoms with van der Waals surface area (Å²) in [7, 11) is -3.66. The molecule has 21 heavy (non-hydrogen) atoms. The Bertz CT molecular complexity index is 645. The SMILES string of the molecule is CCS(=O)(=O)c1c(NCCCC(F)(F)F)sc(C#N)c1N. The largest absolute Gasteiger partial charge is 0.396 e. The highest BCUT2D eigenvalue weighted by Crippen LogP contribution is 2.39. The fraction of sp³-hybridized carbons (Fsp3) is 0.545. The Morgan fingerprint density at radius 2 is 2.05 bits per heavy atom. The molecule has 10 heteroatoms. The zero-order chi connectivity index (χ0) is 16.3. The van der Waals surface area contributed by atoms with Gasteiger partial charge in [-0.15, -0.1) is 11.3 Å². The molecule has 0 atom stereocenters. The van der Waals surface area contributed by atoms with Gasteiger partial charge in [-0.25, -0.2) is 8.42 Å². The van der Waals surface area contributed by atoms with Gasteiger partial charge < -0.3 is 11.1 Å². The average molecular weight is 341 g/mol. The molecule has 0 saturated heterocycles. The molecule has 0 aliphatic carbocycles. The second-order valence-electron chi connectivity index (χ2n) is 4.16. The first kappa shape index (κ1) is 17.6. The van der Waals surface area contributed by atoms with Gasteiger partial charge in [-0.3, -0.25) is 0 Å². The molecule has 3 N–H and O–H groups in total. The van der Waals surface area contributed by atoms with Crippen LogP contribution in [0.25, 0.3) is 0 Å². The van der Waals surface area contributed by atoms with Gasteiger partial charge in [0.05, 0.1) is 11.4 Å². The molecule has 1 rings (SSSR count). The second kappa shape index (κ2) is 6.53. The van der Waals surface area contributed by atoms with Gasteiger partial charge in [0.2, 0.25) is 0 Å². The van der Waals surface area contributed by atoms with Crippen molar-refractivity contribution in [3.63, 3.8) is 0 Å². The average Bonchev–Trinajstić information content (AvgIpc) is 2.70. The predicted octanol–water partition coefficient (Wildman–Crippen LogP) is 2.75. The zero-order valence-electron chi connectivity index (χ0n) is 11.1. The van der Waals surface area contributed by atoms with Gasteiger partial charge in [0.1, 0.15) is 20.8 Å². The lowest BCUT2D eigenvalue weighted by Gasteiger charge is -2.09. The molecule has 0 aromatic carbocycles. The summed E-state index contributed by atoms with van der Waals surface area (Å²) in [6.07, 6.45) is -5.43. The van der Waals surface area contributed by atoms with Crippen LogP contribution in [0, 0.1) is 11.3 Å². The summed E-state index contributed by atoms with van der Waals surface area (Å²) in [5, 5.41) is 11.6. The highest BCUT2D eigenvalue weighted by atomic mass is 32.2. The highest BCUT2D eigenvalue weighted by Gasteiger charge is 2.28. The number of thiophene rings is 1. The summed E-state index contributed by atoms with van der Waals surface area (Å²) in [5.41, 5.74) is 5.49. The quantitative estimate of drug-likeness (QED) is 0.776. The molecule has 1 aromatic rings. The van der Waals surface area contributed by atoms with Crippen molar-refractivity contribution in [2.45, 2.75) is 30.8 Å². The minimum atomic E-state index is -4.26. The van der Waals surface area contributed by atoms with E-state index in [9.17, 15) is 21.6 Å². The highest BCUT2D eigenvalue weighted by molar-refractivity contribution is 7.91. The van der Waals surface area contributed by atoms with Gasteiger partial charge in [-0.05, 0) is 6.42 Å². The Balaban J connectivity index is 2.95. The number of nitriles is 1. The number of nitrogens with two attached hydrogens (primary N) is 1. The molecule has 0 spiro atoms. The van der Waals surface area contributed by atoms with Crippen molar-refractivity contribution in [2.24, 2.45) is 0 Å². The van der Waals surface area contributed by atoms with Crippen LogP contribution in [-0.2, 0) is 9.84 Å². The Hall–Kier alpha value is -1.47. The number of hydrogen-bond acceptors (Lipinski definition) is 6. The van der Waals surface area contributed by atoms with Crippen LogP contribution in [0.4, 0.5) is 23.9 Å². The summed E-state index contributed by atoms with van der Waals surface area (Å²) >= 11 is 0.829. The van der Waals surface area contributed by atoms with E-state index >= 15 is 0 Å². The van der Waals surface area contributed by atoms with Crippen LogP contribution >= 0.6 is 11.3 Å². The Morgan fingerprint density at radius 3 is 2.52 bits per heavy atom. The third-order valence-corrected chi connectivity index (χ3v) is 5.62. The first-order chi connectivity index (χ1) is 9.62. The van der Waals surface area contributed by atoms with E-state index in [0.717, 1.165) is 11.3 Å². The van der Waals surface area contributed by atoms with Crippen molar-refractivity contribution in [2.75, 3.05) is 23.3 Å². The van der Waals surface area contributed by atoms with Crippen LogP contribution in [0.2, 0.25) is 0 Å². The Labute approximate surface area is 124 Å². The lowest BCUT2D eigenvalue weighted by atomic mass is 10.3. The van der Waals surface area contributed by atoms with E-state index in [2.05, 4.69) is 5.32 Å². The Kier molecular flexibility index (Phi) is 5.47. The number of hydrogen-bond donors (Lipinski definition) is 2. The zero-order valence-corrected chi connectivity index (χ0v) is 12.8. The minimum absolute atomic E-state index is 0.0281. The monoisotopic (exact) mass is 341 g/mol. The maximum Gasteiger partial charge on any atom is 0.389 e. The van der Waals surface area contributed by atoms with Crippen LogP contribution in [0.15, 0.2) is 4.90 Å². The Morgan fingerprint density at radius 1 is 1.43 bits per heavy atom. The summed E-state index contributed by atoms with van der Waals surface area (Å²) in [6.45, 7) is 1.36. The fourth-order valence-corrected chi connectivity index (χ4v) is 4.06. The molecule has 0 fully saturated rings. The van der Waals surface area contributed by atoms with Gasteiger partial charge in [0.15, 0.2) is 9.84 Å². The van der Waals surface area contributed by atoms with Crippen LogP contribution in [-0.4, -0.2) is 26.9 Å². The molecule has 1 aromatic heterocycles. The molecular formula is C11H14F3N3O2S2. The lowest BCUT2D eigenvalue weighted by molar-refractivity contribution is -0.134. The first-order valence-electron chi connectivity index (χ1n) is 5.98. The molecule has 5 nitrogen and oxygen atoms in total. The number of sulfone groups is 1. The molecule has 0 unspecified atom stereocenters. The van der Waals surface area contributed by atoms with Crippen LogP contribution in [0.1, 0.15) is 24.6 Å². The van der Waals surface area contributed by atoms with Gasteiger partial charge in [-0.2, -0.15) is 18.4 Å². The number of alkyl halides is 3. The molecule has 0 radical (unpaired) electrons. The topological polar surface area (TPSA) is 96.0 Å². The predicted molar refractivity (Wildman–Crippen MR) is 75.0 cm³/mol. The molecule has 0 bridgehead atoms. The number of nitrogens with one attached hydrogen (secondary N) is 1. The van der Waals surface area contributed by atoms with Crippen molar-refractivity contribution in [3.8, 4) is 6.07 Å². The van der Waals surface area contributed by atoms with Gasteiger partial charge in [-0.1, -0.05) is 6.92 Å². The molecule has 0 saturated carbocycles. The molecular weight excluding hydrogens is 327 g/mol. The van der Waals surface area contributed by atoms with Crippen LogP contribution in [0.3, 0.4) is 0 Å². The number of nitrogen functional groups attached to an aromatic ring is 1. The summed E-state index contributed by atoms with van der Waals surface area (Å²) in [5.74, 6) is -0.212. The third-order valence-electron chi connectivity index (χ3n) is 2.61. The molecule has 0 aliphatic rings. The molecule has 0 amide bonds. The van der Waals surface area contributed by atoms with Crippen LogP contribution < -0.4 is 11.1 Å². The van der Waals surface area contributed by atoms with E-state index in [1.54, 1.807) is 6.07 Å². The van der Waals surface area contributed by atoms with Crippen molar-refractivity contribution < 1.29 is 21.6 Å². The minimum Gasteiger partial charge on any atom is -0.396 e. The van der Waals surface area contributed by atoms with E-state index in [0.29, 0.717) is 0 Å². The van der Waals surface area contributed by atoms with Crippen molar-refractivity contribution in [1.82, 2.24) is 0 Å². The van der Waals surface area contributed by atoms with Gasteiger partial charge in [0, 0.05) is 13.0 Å². The number of nitrogens with zero attached hydrogens (tertiary/aromatic N) is 1. The summed E-state index contributed by atoms with van der Waals surface area (Å²) < 4.78 is 60.1. The normalized spacial score (nSPS) is 12.1. The van der Waals surface area contributed by atoms with Crippen molar-refractivity contribution in [1.29, 1.82) is 5.26 Å². The summed E-state index contributed by atoms with van der Waals surface area (Å²) in [6, 6.07) is 1.78. The van der Waals surface area contributed by atoms with Crippen molar-refractivity contribution >= 4 is 31.9 Å². The van der Waals surface area contributed by atoms with Crippen molar-refractivity contribution in [3.05, 3.63) is 4.88 Å². The van der Waals surface area contributed by atoms with Gasteiger partial charge >= 0.3 is 6.18 Å². The van der Waals surface area contributed by atoms with Crippen LogP contribution in [0.5, 0.6) is 0 Å². The van der Waals surface area contributed by atoms with E-state index < -0.39 is 22.4 Å². The number of anilines is 2.